The molecule has 21 heavy (non-hydrogen) atoms. The van der Waals surface area contributed by atoms with E-state index in [1.165, 1.54) is 24.3 Å². The molecular weight excluding hydrogens is 290 g/mol. The van der Waals surface area contributed by atoms with E-state index in [2.05, 4.69) is 4.72 Å². The fraction of sp³-hybridized carbons (Fsp3) is 0.533. The van der Waals surface area contributed by atoms with Crippen LogP contribution in [0.1, 0.15) is 44.0 Å². The van der Waals surface area contributed by atoms with Gasteiger partial charge in [0.1, 0.15) is 0 Å². The predicted molar refractivity (Wildman–Crippen MR) is 81.7 cm³/mol. The average molecular weight is 313 g/mol. The summed E-state index contributed by atoms with van der Waals surface area (Å²) in [5.74, 6) is -0.120. The van der Waals surface area contributed by atoms with Crippen LogP contribution < -0.4 is 4.72 Å². The number of hydrogen-bond donors (Lipinski definition) is 1. The molecule has 6 heteroatoms. The highest BCUT2D eigenvalue weighted by molar-refractivity contribution is 7.89. The lowest BCUT2D eigenvalue weighted by Crippen LogP contribution is -2.29. The molecule has 0 saturated carbocycles. The Morgan fingerprint density at radius 1 is 1.14 bits per heavy atom. The summed E-state index contributed by atoms with van der Waals surface area (Å²) in [6.45, 7) is 6.51. The molecule has 1 aromatic rings. The van der Waals surface area contributed by atoms with Gasteiger partial charge in [-0.05, 0) is 37.1 Å². The van der Waals surface area contributed by atoms with Crippen molar-refractivity contribution in [2.24, 2.45) is 5.92 Å². The first-order valence-electron chi connectivity index (χ1n) is 7.21. The smallest absolute Gasteiger partial charge is 0.338 e. The van der Waals surface area contributed by atoms with Crippen LogP contribution in [0.4, 0.5) is 0 Å². The second-order valence-electron chi connectivity index (χ2n) is 4.78. The topological polar surface area (TPSA) is 72.5 Å². The van der Waals surface area contributed by atoms with Gasteiger partial charge in [0.25, 0.3) is 0 Å². The van der Waals surface area contributed by atoms with Gasteiger partial charge in [0.05, 0.1) is 17.1 Å². The molecule has 0 radical (unpaired) electrons. The molecule has 118 valence electrons. The number of carbonyl (C=O) groups excluding carboxylic acids is 1. The summed E-state index contributed by atoms with van der Waals surface area (Å²) >= 11 is 0. The van der Waals surface area contributed by atoms with Crippen LogP contribution in [0.2, 0.25) is 0 Å². The van der Waals surface area contributed by atoms with Gasteiger partial charge in [-0.15, -0.1) is 0 Å². The second-order valence-corrected chi connectivity index (χ2v) is 6.55. The first-order chi connectivity index (χ1) is 9.94. The Kier molecular flexibility index (Phi) is 6.84. The van der Waals surface area contributed by atoms with Crippen LogP contribution in [0, 0.1) is 5.92 Å². The molecule has 0 aliphatic carbocycles. The van der Waals surface area contributed by atoms with Crippen molar-refractivity contribution in [2.45, 2.75) is 38.5 Å². The highest BCUT2D eigenvalue weighted by Gasteiger charge is 2.16. The molecule has 0 aliphatic heterocycles. The van der Waals surface area contributed by atoms with Crippen LogP contribution in [0.3, 0.4) is 0 Å². The van der Waals surface area contributed by atoms with Gasteiger partial charge in [-0.25, -0.2) is 17.9 Å². The Labute approximate surface area is 126 Å². The van der Waals surface area contributed by atoms with Crippen molar-refractivity contribution < 1.29 is 17.9 Å². The Morgan fingerprint density at radius 2 is 1.71 bits per heavy atom. The van der Waals surface area contributed by atoms with Gasteiger partial charge < -0.3 is 4.74 Å². The quantitative estimate of drug-likeness (QED) is 0.749. The van der Waals surface area contributed by atoms with Gasteiger partial charge in [-0.3, -0.25) is 0 Å². The molecule has 0 atom stereocenters. The van der Waals surface area contributed by atoms with Crippen molar-refractivity contribution >= 4 is 16.0 Å². The van der Waals surface area contributed by atoms with Crippen LogP contribution in [0.15, 0.2) is 29.2 Å². The summed E-state index contributed by atoms with van der Waals surface area (Å²) in [4.78, 5) is 11.7. The lowest BCUT2D eigenvalue weighted by atomic mass is 10.0. The zero-order valence-electron chi connectivity index (χ0n) is 12.8. The standard InChI is InChI=1S/C15H23NO4S/c1-4-12(5-2)11-16-21(18,19)14-9-7-13(8-10-14)15(17)20-6-3/h7-10,12,16H,4-6,11H2,1-3H3. The van der Waals surface area contributed by atoms with Crippen molar-refractivity contribution in [3.05, 3.63) is 29.8 Å². The predicted octanol–water partition coefficient (Wildman–Crippen LogP) is 2.58. The number of carbonyl (C=O) groups is 1. The van der Waals surface area contributed by atoms with Gasteiger partial charge in [0.2, 0.25) is 10.0 Å². The Bertz CT molecular complexity index is 548. The van der Waals surface area contributed by atoms with Crippen molar-refractivity contribution in [2.75, 3.05) is 13.2 Å². The van der Waals surface area contributed by atoms with E-state index in [4.69, 9.17) is 4.74 Å². The zero-order chi connectivity index (χ0) is 15.9. The van der Waals surface area contributed by atoms with E-state index >= 15 is 0 Å². The third kappa shape index (κ3) is 5.13. The molecule has 1 aromatic carbocycles. The van der Waals surface area contributed by atoms with E-state index in [1.54, 1.807) is 6.92 Å². The Morgan fingerprint density at radius 3 is 2.19 bits per heavy atom. The zero-order valence-corrected chi connectivity index (χ0v) is 13.6. The van der Waals surface area contributed by atoms with Gasteiger partial charge in [0, 0.05) is 6.54 Å². The minimum atomic E-state index is -3.53. The van der Waals surface area contributed by atoms with Crippen LogP contribution in [-0.2, 0) is 14.8 Å². The molecule has 0 saturated heterocycles. The molecule has 0 aliphatic rings. The van der Waals surface area contributed by atoms with Gasteiger partial charge >= 0.3 is 5.97 Å². The number of sulfonamides is 1. The van der Waals surface area contributed by atoms with Gasteiger partial charge in [-0.2, -0.15) is 0 Å². The summed E-state index contributed by atoms with van der Waals surface area (Å²) in [5.41, 5.74) is 0.343. The first-order valence-corrected chi connectivity index (χ1v) is 8.69. The largest absolute Gasteiger partial charge is 0.462 e. The normalized spacial score (nSPS) is 11.6. The van der Waals surface area contributed by atoms with E-state index in [0.717, 1.165) is 12.8 Å². The number of hydrogen-bond acceptors (Lipinski definition) is 4. The summed E-state index contributed by atoms with van der Waals surface area (Å²) in [7, 11) is -3.53. The monoisotopic (exact) mass is 313 g/mol. The molecule has 0 heterocycles. The Hall–Kier alpha value is -1.40. The highest BCUT2D eigenvalue weighted by Crippen LogP contribution is 2.13. The maximum atomic E-state index is 12.1. The van der Waals surface area contributed by atoms with Crippen molar-refractivity contribution in [1.29, 1.82) is 0 Å². The van der Waals surface area contributed by atoms with E-state index in [0.29, 0.717) is 18.0 Å². The summed E-state index contributed by atoms with van der Waals surface area (Å²) in [6, 6.07) is 5.76. The van der Waals surface area contributed by atoms with Crippen molar-refractivity contribution in [3.8, 4) is 0 Å². The maximum absolute atomic E-state index is 12.1. The molecule has 1 rings (SSSR count). The van der Waals surface area contributed by atoms with Crippen molar-refractivity contribution in [3.63, 3.8) is 0 Å². The third-order valence-electron chi connectivity index (χ3n) is 3.39. The summed E-state index contributed by atoms with van der Waals surface area (Å²) in [6.07, 6.45) is 1.86. The first kappa shape index (κ1) is 17.7. The fourth-order valence-electron chi connectivity index (χ4n) is 1.87. The molecule has 0 fully saturated rings. The van der Waals surface area contributed by atoms with Gasteiger partial charge in [0.15, 0.2) is 0 Å². The van der Waals surface area contributed by atoms with Crippen LogP contribution in [-0.4, -0.2) is 27.5 Å². The SMILES string of the molecule is CCOC(=O)c1ccc(S(=O)(=O)NCC(CC)CC)cc1. The maximum Gasteiger partial charge on any atom is 0.338 e. The average Bonchev–Trinajstić information content (AvgIpc) is 2.48. The molecule has 1 N–H and O–H groups in total. The minimum Gasteiger partial charge on any atom is -0.462 e. The third-order valence-corrected chi connectivity index (χ3v) is 4.83. The molecule has 0 bridgehead atoms. The fourth-order valence-corrected chi connectivity index (χ4v) is 2.99. The lowest BCUT2D eigenvalue weighted by molar-refractivity contribution is 0.0526. The lowest BCUT2D eigenvalue weighted by Gasteiger charge is -2.13. The Balaban J connectivity index is 2.78. The minimum absolute atomic E-state index is 0.154. The molecule has 0 amide bonds. The van der Waals surface area contributed by atoms with Crippen LogP contribution in [0.5, 0.6) is 0 Å². The number of ether oxygens (including phenoxy) is 1. The summed E-state index contributed by atoms with van der Waals surface area (Å²) < 4.78 is 31.8. The van der Waals surface area contributed by atoms with E-state index in [1.807, 2.05) is 13.8 Å². The molecule has 0 unspecified atom stereocenters. The number of rotatable bonds is 8. The van der Waals surface area contributed by atoms with E-state index in [-0.39, 0.29) is 11.5 Å². The number of benzene rings is 1. The van der Waals surface area contributed by atoms with E-state index in [9.17, 15) is 13.2 Å². The molecular formula is C15H23NO4S. The van der Waals surface area contributed by atoms with Crippen LogP contribution >= 0.6 is 0 Å². The molecule has 0 spiro atoms. The highest BCUT2D eigenvalue weighted by atomic mass is 32.2. The second kappa shape index (κ2) is 8.14. The van der Waals surface area contributed by atoms with Crippen molar-refractivity contribution in [1.82, 2.24) is 4.72 Å². The van der Waals surface area contributed by atoms with E-state index < -0.39 is 16.0 Å². The summed E-state index contributed by atoms with van der Waals surface area (Å²) in [5, 5.41) is 0. The molecule has 5 nitrogen and oxygen atoms in total. The van der Waals surface area contributed by atoms with Gasteiger partial charge in [-0.1, -0.05) is 26.7 Å². The number of nitrogens with one attached hydrogen (secondary N) is 1. The molecule has 0 aromatic heterocycles. The van der Waals surface area contributed by atoms with Crippen LogP contribution in [0.25, 0.3) is 0 Å². The number of esters is 1.